The van der Waals surface area contributed by atoms with E-state index < -0.39 is 0 Å². The maximum atomic E-state index is 4.59. The molecular weight excluding hydrogens is 412 g/mol. The van der Waals surface area contributed by atoms with Crippen LogP contribution < -0.4 is 0 Å². The molecule has 0 spiro atoms. The zero-order valence-electron chi connectivity index (χ0n) is 17.5. The molecular formula is C22H24N6S2. The average Bonchev–Trinajstić information content (AvgIpc) is 2.78. The molecule has 0 N–H and O–H groups in total. The highest BCUT2D eigenvalue weighted by atomic mass is 32.2. The molecule has 0 aliphatic heterocycles. The second-order valence-corrected chi connectivity index (χ2v) is 9.38. The lowest BCUT2D eigenvalue weighted by Gasteiger charge is -2.14. The van der Waals surface area contributed by atoms with Crippen molar-refractivity contribution in [2.24, 2.45) is 0 Å². The van der Waals surface area contributed by atoms with Gasteiger partial charge in [-0.3, -0.25) is 9.97 Å². The number of aromatic nitrogens is 6. The van der Waals surface area contributed by atoms with Crippen molar-refractivity contribution < 1.29 is 0 Å². The van der Waals surface area contributed by atoms with E-state index in [2.05, 4.69) is 57.2 Å². The Morgan fingerprint density at radius 1 is 0.867 bits per heavy atom. The Hall–Kier alpha value is -2.32. The van der Waals surface area contributed by atoms with Gasteiger partial charge in [0.15, 0.2) is 0 Å². The highest BCUT2D eigenvalue weighted by Crippen LogP contribution is 2.32. The molecule has 4 aromatic heterocycles. The first-order valence-corrected chi connectivity index (χ1v) is 12.2. The van der Waals surface area contributed by atoms with Gasteiger partial charge in [0.1, 0.15) is 10.1 Å². The molecule has 154 valence electrons. The van der Waals surface area contributed by atoms with Crippen molar-refractivity contribution in [3.63, 3.8) is 0 Å². The highest BCUT2D eigenvalue weighted by molar-refractivity contribution is 7.99. The fourth-order valence-electron chi connectivity index (χ4n) is 3.46. The van der Waals surface area contributed by atoms with Gasteiger partial charge in [-0.1, -0.05) is 20.8 Å². The highest BCUT2D eigenvalue weighted by Gasteiger charge is 2.17. The zero-order chi connectivity index (χ0) is 21.1. The summed E-state index contributed by atoms with van der Waals surface area (Å²) in [5.41, 5.74) is 2.91. The molecule has 0 aromatic carbocycles. The summed E-state index contributed by atoms with van der Waals surface area (Å²) >= 11 is 3.33. The molecule has 4 aromatic rings. The summed E-state index contributed by atoms with van der Waals surface area (Å²) in [5.74, 6) is 1.47. The molecule has 0 saturated heterocycles. The van der Waals surface area contributed by atoms with Crippen LogP contribution in [0.5, 0.6) is 0 Å². The Morgan fingerprint density at radius 3 is 2.47 bits per heavy atom. The third kappa shape index (κ3) is 4.11. The molecule has 0 saturated carbocycles. The molecule has 4 heterocycles. The second-order valence-electron chi connectivity index (χ2n) is 7.50. The van der Waals surface area contributed by atoms with Crippen LogP contribution in [0.2, 0.25) is 0 Å². The molecule has 0 fully saturated rings. The Morgan fingerprint density at radius 2 is 1.67 bits per heavy atom. The van der Waals surface area contributed by atoms with Gasteiger partial charge < -0.3 is 0 Å². The minimum atomic E-state index is 0.245. The van der Waals surface area contributed by atoms with Crippen molar-refractivity contribution >= 4 is 45.2 Å². The molecule has 30 heavy (non-hydrogen) atoms. The van der Waals surface area contributed by atoms with Gasteiger partial charge in [-0.15, -0.1) is 33.7 Å². The minimum absolute atomic E-state index is 0.245. The Balaban J connectivity index is 1.53. The molecule has 1 atom stereocenters. The predicted molar refractivity (Wildman–Crippen MR) is 124 cm³/mol. The van der Waals surface area contributed by atoms with Crippen molar-refractivity contribution in [1.82, 2.24) is 30.4 Å². The van der Waals surface area contributed by atoms with Crippen LogP contribution in [0.3, 0.4) is 0 Å². The Kier molecular flexibility index (Phi) is 6.43. The Labute approximate surface area is 184 Å². The lowest BCUT2D eigenvalue weighted by Crippen LogP contribution is -2.04. The van der Waals surface area contributed by atoms with Crippen LogP contribution in [0.4, 0.5) is 0 Å². The monoisotopic (exact) mass is 436 g/mol. The van der Waals surface area contributed by atoms with Crippen LogP contribution in [0.1, 0.15) is 50.4 Å². The molecule has 8 heteroatoms. The molecule has 0 amide bonds. The number of rotatable bonds is 7. The van der Waals surface area contributed by atoms with Crippen molar-refractivity contribution in [2.45, 2.75) is 49.1 Å². The first-order chi connectivity index (χ1) is 14.6. The molecule has 6 nitrogen and oxygen atoms in total. The first-order valence-electron chi connectivity index (χ1n) is 9.98. The van der Waals surface area contributed by atoms with Gasteiger partial charge in [0.05, 0.1) is 16.9 Å². The van der Waals surface area contributed by atoms with E-state index in [1.807, 2.05) is 37.0 Å². The number of thioether (sulfide) groups is 2. The fraction of sp³-hybridized carbons (Fsp3) is 0.364. The number of pyridine rings is 2. The van der Waals surface area contributed by atoms with E-state index in [0.29, 0.717) is 5.92 Å². The SMILES string of the molecule is CSc1nnc(C(C)CCSc2nnc(C(C)C)c3cnccc23)c2ncccc12. The van der Waals surface area contributed by atoms with Gasteiger partial charge in [-0.05, 0) is 36.8 Å². The average molecular weight is 437 g/mol. The topological polar surface area (TPSA) is 77.3 Å². The van der Waals surface area contributed by atoms with Crippen LogP contribution in [0.25, 0.3) is 21.7 Å². The third-order valence-corrected chi connectivity index (χ3v) is 6.81. The zero-order valence-corrected chi connectivity index (χ0v) is 19.2. The van der Waals surface area contributed by atoms with Crippen molar-refractivity contribution in [1.29, 1.82) is 0 Å². The van der Waals surface area contributed by atoms with Gasteiger partial charge in [-0.25, -0.2) is 0 Å². The summed E-state index contributed by atoms with van der Waals surface area (Å²) in [6.45, 7) is 6.45. The number of hydrogen-bond acceptors (Lipinski definition) is 8. The van der Waals surface area contributed by atoms with E-state index in [9.17, 15) is 0 Å². The first kappa shape index (κ1) is 20.9. The van der Waals surface area contributed by atoms with Crippen LogP contribution in [-0.2, 0) is 0 Å². The normalized spacial score (nSPS) is 12.7. The van der Waals surface area contributed by atoms with Crippen LogP contribution in [0, 0.1) is 0 Å². The summed E-state index contributed by atoms with van der Waals surface area (Å²) in [4.78, 5) is 8.88. The molecule has 0 radical (unpaired) electrons. The van der Waals surface area contributed by atoms with E-state index in [4.69, 9.17) is 0 Å². The van der Waals surface area contributed by atoms with Gasteiger partial charge in [0.25, 0.3) is 0 Å². The van der Waals surface area contributed by atoms with E-state index in [-0.39, 0.29) is 5.92 Å². The maximum absolute atomic E-state index is 4.59. The van der Waals surface area contributed by atoms with Gasteiger partial charge in [0.2, 0.25) is 0 Å². The standard InChI is InChI=1S/C22H24N6S2/c1-13(2)18-17-12-23-10-7-15(17)22(28-25-18)30-11-8-14(3)19-20-16(6-5-9-24-20)21(29-4)27-26-19/h5-7,9-10,12-14H,8,11H2,1-4H3. The van der Waals surface area contributed by atoms with Crippen LogP contribution >= 0.6 is 23.5 Å². The van der Waals surface area contributed by atoms with Crippen molar-refractivity contribution in [3.8, 4) is 0 Å². The van der Waals surface area contributed by atoms with Crippen LogP contribution in [0.15, 0.2) is 46.8 Å². The minimum Gasteiger partial charge on any atom is -0.264 e. The smallest absolute Gasteiger partial charge is 0.128 e. The molecule has 1 unspecified atom stereocenters. The summed E-state index contributed by atoms with van der Waals surface area (Å²) in [6.07, 6.45) is 8.50. The quantitative estimate of drug-likeness (QED) is 0.352. The van der Waals surface area contributed by atoms with Gasteiger partial charge >= 0.3 is 0 Å². The molecule has 0 aliphatic carbocycles. The fourth-order valence-corrected chi connectivity index (χ4v) is 5.06. The molecule has 4 rings (SSSR count). The third-order valence-electron chi connectivity index (χ3n) is 5.10. The number of fused-ring (bicyclic) bond motifs is 2. The van der Waals surface area contributed by atoms with Crippen molar-refractivity contribution in [3.05, 3.63) is 48.2 Å². The summed E-state index contributed by atoms with van der Waals surface area (Å²) < 4.78 is 0. The number of nitrogens with zero attached hydrogens (tertiary/aromatic N) is 6. The summed E-state index contributed by atoms with van der Waals surface area (Å²) in [5, 5.41) is 23.1. The van der Waals surface area contributed by atoms with E-state index >= 15 is 0 Å². The van der Waals surface area contributed by atoms with Gasteiger partial charge in [-0.2, -0.15) is 10.2 Å². The lowest BCUT2D eigenvalue weighted by molar-refractivity contribution is 0.694. The van der Waals surface area contributed by atoms with Gasteiger partial charge in [0, 0.05) is 46.4 Å². The van der Waals surface area contributed by atoms with Crippen molar-refractivity contribution in [2.75, 3.05) is 12.0 Å². The van der Waals surface area contributed by atoms with E-state index in [1.165, 1.54) is 0 Å². The lowest BCUT2D eigenvalue weighted by atomic mass is 10.0. The molecule has 0 bridgehead atoms. The van der Waals surface area contributed by atoms with E-state index in [1.54, 1.807) is 23.5 Å². The van der Waals surface area contributed by atoms with E-state index in [0.717, 1.165) is 55.3 Å². The maximum Gasteiger partial charge on any atom is 0.128 e. The second kappa shape index (κ2) is 9.22. The van der Waals surface area contributed by atoms with Crippen LogP contribution in [-0.4, -0.2) is 42.4 Å². The number of hydrogen-bond donors (Lipinski definition) is 0. The largest absolute Gasteiger partial charge is 0.264 e. The predicted octanol–water partition coefficient (Wildman–Crippen LogP) is 5.49. The summed E-state index contributed by atoms with van der Waals surface area (Å²) in [7, 11) is 0. The molecule has 0 aliphatic rings. The summed E-state index contributed by atoms with van der Waals surface area (Å²) in [6, 6.07) is 6.05. The Bertz CT molecular complexity index is 1180.